The topological polar surface area (TPSA) is 117 Å². The minimum absolute atomic E-state index is 0.218. The lowest BCUT2D eigenvalue weighted by Crippen LogP contribution is -2.28. The van der Waals surface area contributed by atoms with Crippen LogP contribution in [0.2, 0.25) is 0 Å². The Morgan fingerprint density at radius 3 is 2.39 bits per heavy atom. The van der Waals surface area contributed by atoms with Crippen molar-refractivity contribution in [1.29, 1.82) is 0 Å². The van der Waals surface area contributed by atoms with Gasteiger partial charge >= 0.3 is 11.9 Å². The van der Waals surface area contributed by atoms with Crippen LogP contribution in [0, 0.1) is 6.92 Å². The maximum Gasteiger partial charge on any atom is 0.348 e. The molecule has 4 aromatic rings. The number of esters is 2. The van der Waals surface area contributed by atoms with E-state index < -0.39 is 23.4 Å². The number of aryl methyl sites for hydroxylation is 1. The first kappa shape index (κ1) is 26.7. The van der Waals surface area contributed by atoms with Gasteiger partial charge in [0.25, 0.3) is 5.56 Å². The number of thiophene rings is 1. The van der Waals surface area contributed by atoms with Crippen molar-refractivity contribution in [2.45, 2.75) is 33.2 Å². The number of rotatable bonds is 10. The van der Waals surface area contributed by atoms with E-state index in [0.29, 0.717) is 39.5 Å². The molecule has 0 spiro atoms. The van der Waals surface area contributed by atoms with Crippen molar-refractivity contribution in [1.82, 2.24) is 9.55 Å². The normalized spacial score (nSPS) is 10.8. The molecule has 2 aromatic carbocycles. The number of carbonyl (C=O) groups excluding carboxylic acids is 3. The summed E-state index contributed by atoms with van der Waals surface area (Å²) >= 11 is 1.09. The van der Waals surface area contributed by atoms with Crippen molar-refractivity contribution in [3.8, 4) is 0 Å². The maximum absolute atomic E-state index is 13.1. The Balaban J connectivity index is 1.41. The molecule has 0 aliphatic carbocycles. The number of benzene rings is 2. The van der Waals surface area contributed by atoms with Gasteiger partial charge in [-0.3, -0.25) is 14.2 Å². The molecule has 9 nitrogen and oxygen atoms in total. The lowest BCUT2D eigenvalue weighted by Gasteiger charge is -2.08. The van der Waals surface area contributed by atoms with Crippen LogP contribution in [0.25, 0.3) is 10.2 Å². The number of nitrogens with one attached hydrogen (secondary N) is 1. The van der Waals surface area contributed by atoms with E-state index in [0.717, 1.165) is 23.3 Å². The second-order valence-electron chi connectivity index (χ2n) is 8.55. The van der Waals surface area contributed by atoms with Crippen LogP contribution in [0.3, 0.4) is 0 Å². The van der Waals surface area contributed by atoms with Gasteiger partial charge < -0.3 is 14.8 Å². The Bertz CT molecular complexity index is 1510. The molecule has 0 bridgehead atoms. The molecule has 0 unspecified atom stereocenters. The monoisotopic (exact) mass is 533 g/mol. The summed E-state index contributed by atoms with van der Waals surface area (Å²) in [7, 11) is 0. The first-order chi connectivity index (χ1) is 18.4. The minimum Gasteiger partial charge on any atom is -0.462 e. The lowest BCUT2D eigenvalue weighted by molar-refractivity contribution is -0.116. The highest BCUT2D eigenvalue weighted by molar-refractivity contribution is 7.20. The predicted molar refractivity (Wildman–Crippen MR) is 145 cm³/mol. The van der Waals surface area contributed by atoms with Gasteiger partial charge in [-0.25, -0.2) is 14.6 Å². The van der Waals surface area contributed by atoms with Crippen molar-refractivity contribution >= 4 is 45.1 Å². The smallest absolute Gasteiger partial charge is 0.348 e. The molecule has 38 heavy (non-hydrogen) atoms. The first-order valence-corrected chi connectivity index (χ1v) is 13.0. The summed E-state index contributed by atoms with van der Waals surface area (Å²) in [6, 6.07) is 16.0. The molecule has 0 saturated heterocycles. The average Bonchev–Trinajstić information content (AvgIpc) is 3.26. The number of aromatic nitrogens is 2. The van der Waals surface area contributed by atoms with Crippen LogP contribution in [-0.4, -0.2) is 40.6 Å². The Hall–Kier alpha value is -4.31. The highest BCUT2D eigenvalue weighted by Gasteiger charge is 2.21. The van der Waals surface area contributed by atoms with E-state index in [2.05, 4.69) is 10.3 Å². The first-order valence-electron chi connectivity index (χ1n) is 12.1. The number of carbonyl (C=O) groups is 3. The van der Waals surface area contributed by atoms with E-state index in [1.807, 2.05) is 37.3 Å². The molecule has 1 N–H and O–H groups in total. The second-order valence-corrected chi connectivity index (χ2v) is 9.55. The zero-order valence-electron chi connectivity index (χ0n) is 21.1. The van der Waals surface area contributed by atoms with E-state index in [1.54, 1.807) is 31.2 Å². The molecule has 196 valence electrons. The molecule has 0 atom stereocenters. The highest BCUT2D eigenvalue weighted by atomic mass is 32.1. The fourth-order valence-corrected chi connectivity index (χ4v) is 4.79. The molecular formula is C28H27N3O6S. The predicted octanol–water partition coefficient (Wildman–Crippen LogP) is 4.37. The number of hydrogen-bond acceptors (Lipinski definition) is 8. The van der Waals surface area contributed by atoms with E-state index in [-0.39, 0.29) is 18.5 Å². The van der Waals surface area contributed by atoms with Crippen LogP contribution in [0.15, 0.2) is 65.7 Å². The molecule has 0 saturated carbocycles. The van der Waals surface area contributed by atoms with Gasteiger partial charge in [-0.15, -0.1) is 11.3 Å². The number of fused-ring (bicyclic) bond motifs is 1. The number of hydrogen-bond donors (Lipinski definition) is 1. The third-order valence-corrected chi connectivity index (χ3v) is 6.90. The molecule has 2 aromatic heterocycles. The van der Waals surface area contributed by atoms with Crippen LogP contribution in [-0.2, 0) is 27.2 Å². The largest absolute Gasteiger partial charge is 0.462 e. The number of nitrogens with zero attached hydrogens (tertiary/aromatic N) is 2. The summed E-state index contributed by atoms with van der Waals surface area (Å²) < 4.78 is 11.7. The van der Waals surface area contributed by atoms with Crippen molar-refractivity contribution in [3.05, 3.63) is 92.8 Å². The van der Waals surface area contributed by atoms with E-state index in [1.165, 1.54) is 10.9 Å². The Morgan fingerprint density at radius 1 is 0.974 bits per heavy atom. The lowest BCUT2D eigenvalue weighted by atomic mass is 10.2. The van der Waals surface area contributed by atoms with E-state index in [9.17, 15) is 19.2 Å². The van der Waals surface area contributed by atoms with Gasteiger partial charge in [-0.05, 0) is 48.7 Å². The Labute approximate surface area is 223 Å². The van der Waals surface area contributed by atoms with E-state index in [4.69, 9.17) is 9.47 Å². The minimum atomic E-state index is -0.507. The summed E-state index contributed by atoms with van der Waals surface area (Å²) in [5.41, 5.74) is 1.96. The van der Waals surface area contributed by atoms with Crippen LogP contribution in [0.4, 0.5) is 5.69 Å². The van der Waals surface area contributed by atoms with Gasteiger partial charge in [-0.1, -0.05) is 37.3 Å². The van der Waals surface area contributed by atoms with Crippen LogP contribution < -0.4 is 10.9 Å². The molecule has 4 rings (SSSR count). The summed E-state index contributed by atoms with van der Waals surface area (Å²) in [4.78, 5) is 55.3. The zero-order chi connectivity index (χ0) is 27.1. The van der Waals surface area contributed by atoms with Crippen molar-refractivity contribution in [2.75, 3.05) is 18.5 Å². The third-order valence-electron chi connectivity index (χ3n) is 5.73. The third kappa shape index (κ3) is 6.33. The molecule has 2 heterocycles. The quantitative estimate of drug-likeness (QED) is 0.301. The van der Waals surface area contributed by atoms with E-state index >= 15 is 0 Å². The van der Waals surface area contributed by atoms with Crippen LogP contribution >= 0.6 is 11.3 Å². The number of anilines is 1. The highest BCUT2D eigenvalue weighted by Crippen LogP contribution is 2.27. The van der Waals surface area contributed by atoms with Gasteiger partial charge in [0, 0.05) is 12.1 Å². The fraction of sp³-hybridized carbons (Fsp3) is 0.250. The Kier molecular flexibility index (Phi) is 8.65. The number of amides is 1. The summed E-state index contributed by atoms with van der Waals surface area (Å²) in [6.45, 7) is 3.87. The zero-order valence-corrected chi connectivity index (χ0v) is 21.9. The van der Waals surface area contributed by atoms with Crippen molar-refractivity contribution in [3.63, 3.8) is 0 Å². The molecule has 10 heteroatoms. The molecule has 0 radical (unpaired) electrons. The summed E-state index contributed by atoms with van der Waals surface area (Å²) in [6.07, 6.45) is 2.60. The SMILES string of the molecule is CCCOC(=O)c1ccc(NC(=O)Cn2cnc3sc(C(=O)OCCc4ccccc4)c(C)c3c2=O)cc1. The fourth-order valence-electron chi connectivity index (χ4n) is 3.76. The standard InChI is InChI=1S/C28H27N3O6S/c1-3-14-36-27(34)20-9-11-21(12-10-20)30-22(32)16-31-17-29-25-23(26(31)33)18(2)24(38-25)28(35)37-15-13-19-7-5-4-6-8-19/h4-12,17H,3,13-16H2,1-2H3,(H,30,32). The van der Waals surface area contributed by atoms with Gasteiger partial charge in [0.1, 0.15) is 16.3 Å². The average molecular weight is 534 g/mol. The van der Waals surface area contributed by atoms with Crippen molar-refractivity contribution < 1.29 is 23.9 Å². The van der Waals surface area contributed by atoms with Crippen molar-refractivity contribution in [2.24, 2.45) is 0 Å². The molecule has 0 aliphatic heterocycles. The number of ether oxygens (including phenoxy) is 2. The summed E-state index contributed by atoms with van der Waals surface area (Å²) in [5, 5.41) is 2.99. The van der Waals surface area contributed by atoms with Crippen LogP contribution in [0.1, 0.15) is 44.5 Å². The molecule has 1 amide bonds. The Morgan fingerprint density at radius 2 is 1.68 bits per heavy atom. The maximum atomic E-state index is 13.1. The van der Waals surface area contributed by atoms with Gasteiger partial charge in [0.05, 0.1) is 30.5 Å². The van der Waals surface area contributed by atoms with Gasteiger partial charge in [-0.2, -0.15) is 0 Å². The summed E-state index contributed by atoms with van der Waals surface area (Å²) in [5.74, 6) is -1.38. The van der Waals surface area contributed by atoms with Gasteiger partial charge in [0.15, 0.2) is 0 Å². The molecular weight excluding hydrogens is 506 g/mol. The molecule has 0 aliphatic rings. The van der Waals surface area contributed by atoms with Gasteiger partial charge in [0.2, 0.25) is 5.91 Å². The second kappa shape index (κ2) is 12.3. The molecule has 0 fully saturated rings. The van der Waals surface area contributed by atoms with Crippen LogP contribution in [0.5, 0.6) is 0 Å².